The van der Waals surface area contributed by atoms with Gasteiger partial charge < -0.3 is 15.6 Å². The van der Waals surface area contributed by atoms with Crippen molar-refractivity contribution in [2.75, 3.05) is 5.32 Å². The lowest BCUT2D eigenvalue weighted by Gasteiger charge is -2.10. The average molecular weight is 370 g/mol. The van der Waals surface area contributed by atoms with Gasteiger partial charge in [-0.1, -0.05) is 37.6 Å². The lowest BCUT2D eigenvalue weighted by atomic mass is 10.1. The summed E-state index contributed by atoms with van der Waals surface area (Å²) in [5, 5.41) is 7.25. The van der Waals surface area contributed by atoms with Gasteiger partial charge in [-0.3, -0.25) is 9.59 Å². The third kappa shape index (κ3) is 4.24. The molecule has 0 atom stereocenters. The molecule has 0 unspecified atom stereocenters. The Morgan fingerprint density at radius 1 is 1.12 bits per heavy atom. The number of H-pyrrole nitrogens is 1. The molecule has 3 rings (SSSR count). The van der Waals surface area contributed by atoms with Crippen LogP contribution in [0.1, 0.15) is 29.9 Å². The molecule has 0 bridgehead atoms. The maximum absolute atomic E-state index is 12.4. The predicted molar refractivity (Wildman–Crippen MR) is 104 cm³/mol. The van der Waals surface area contributed by atoms with Crippen molar-refractivity contribution in [3.05, 3.63) is 64.8 Å². The second kappa shape index (κ2) is 7.62. The second-order valence-corrected chi connectivity index (χ2v) is 6.88. The number of halogens is 1. The Balaban J connectivity index is 1.66. The molecule has 0 aliphatic rings. The van der Waals surface area contributed by atoms with E-state index >= 15 is 0 Å². The molecule has 6 heteroatoms. The number of carbonyl (C=O) groups is 2. The summed E-state index contributed by atoms with van der Waals surface area (Å²) in [4.78, 5) is 27.2. The Morgan fingerprint density at radius 2 is 1.92 bits per heavy atom. The largest absolute Gasteiger partial charge is 0.351 e. The van der Waals surface area contributed by atoms with Gasteiger partial charge in [0, 0.05) is 34.1 Å². The molecule has 1 aromatic heterocycles. The van der Waals surface area contributed by atoms with Crippen LogP contribution in [0.4, 0.5) is 5.69 Å². The summed E-state index contributed by atoms with van der Waals surface area (Å²) in [6, 6.07) is 14.6. The highest BCUT2D eigenvalue weighted by atomic mass is 35.5. The fourth-order valence-electron chi connectivity index (χ4n) is 2.55. The summed E-state index contributed by atoms with van der Waals surface area (Å²) in [5.74, 6) is -0.328. The van der Waals surface area contributed by atoms with E-state index in [0.29, 0.717) is 17.3 Å². The first-order valence-electron chi connectivity index (χ1n) is 8.38. The highest BCUT2D eigenvalue weighted by Crippen LogP contribution is 2.20. The summed E-state index contributed by atoms with van der Waals surface area (Å²) < 4.78 is 0. The minimum atomic E-state index is -0.200. The molecule has 134 valence electrons. The first-order chi connectivity index (χ1) is 12.4. The number of fused-ring (bicyclic) bond motifs is 1. The lowest BCUT2D eigenvalue weighted by molar-refractivity contribution is -0.118. The number of aromatic amines is 1. The van der Waals surface area contributed by atoms with Gasteiger partial charge in [-0.15, -0.1) is 0 Å². The number of benzene rings is 2. The first-order valence-corrected chi connectivity index (χ1v) is 8.76. The van der Waals surface area contributed by atoms with Crippen molar-refractivity contribution in [1.29, 1.82) is 0 Å². The van der Waals surface area contributed by atoms with Crippen LogP contribution in [0.15, 0.2) is 48.5 Å². The quantitative estimate of drug-likeness (QED) is 0.625. The maximum Gasteiger partial charge on any atom is 0.267 e. The minimum absolute atomic E-state index is 0.0390. The standard InChI is InChI=1S/C20H20ClN3O2/c1-12(2)19(25)23-16-5-3-4-13(8-16)11-22-20(26)18-10-14-9-15(21)6-7-17(14)24-18/h3-10,12,24H,11H2,1-2H3,(H,22,26)(H,23,25). The van der Waals surface area contributed by atoms with Crippen LogP contribution in [-0.2, 0) is 11.3 Å². The van der Waals surface area contributed by atoms with E-state index in [4.69, 9.17) is 11.6 Å². The molecule has 26 heavy (non-hydrogen) atoms. The van der Waals surface area contributed by atoms with Gasteiger partial charge >= 0.3 is 0 Å². The molecule has 1 heterocycles. The zero-order valence-electron chi connectivity index (χ0n) is 14.6. The van der Waals surface area contributed by atoms with Crippen LogP contribution in [0, 0.1) is 5.92 Å². The van der Waals surface area contributed by atoms with Crippen molar-refractivity contribution in [3.63, 3.8) is 0 Å². The van der Waals surface area contributed by atoms with Crippen molar-refractivity contribution in [1.82, 2.24) is 10.3 Å². The number of rotatable bonds is 5. The smallest absolute Gasteiger partial charge is 0.267 e. The lowest BCUT2D eigenvalue weighted by Crippen LogP contribution is -2.23. The summed E-state index contributed by atoms with van der Waals surface area (Å²) in [7, 11) is 0. The Bertz CT molecular complexity index is 963. The van der Waals surface area contributed by atoms with E-state index in [1.165, 1.54) is 0 Å². The van der Waals surface area contributed by atoms with Gasteiger partial charge in [-0.05, 0) is 42.0 Å². The number of carbonyl (C=O) groups excluding carboxylic acids is 2. The van der Waals surface area contributed by atoms with Crippen LogP contribution in [0.25, 0.3) is 10.9 Å². The maximum atomic E-state index is 12.4. The third-order valence-electron chi connectivity index (χ3n) is 4.00. The SMILES string of the molecule is CC(C)C(=O)Nc1cccc(CNC(=O)c2cc3cc(Cl)ccc3[nH]2)c1. The molecule has 0 saturated heterocycles. The number of hydrogen-bond donors (Lipinski definition) is 3. The van der Waals surface area contributed by atoms with Gasteiger partial charge in [0.25, 0.3) is 5.91 Å². The highest BCUT2D eigenvalue weighted by Gasteiger charge is 2.10. The summed E-state index contributed by atoms with van der Waals surface area (Å²) in [6.45, 7) is 4.04. The monoisotopic (exact) mass is 369 g/mol. The van der Waals surface area contributed by atoms with E-state index in [1.807, 2.05) is 50.2 Å². The minimum Gasteiger partial charge on any atom is -0.351 e. The van der Waals surface area contributed by atoms with Crippen LogP contribution in [0.2, 0.25) is 5.02 Å². The zero-order valence-corrected chi connectivity index (χ0v) is 15.4. The molecule has 0 spiro atoms. The van der Waals surface area contributed by atoms with Crippen LogP contribution in [0.3, 0.4) is 0 Å². The van der Waals surface area contributed by atoms with E-state index in [-0.39, 0.29) is 17.7 Å². The van der Waals surface area contributed by atoms with Gasteiger partial charge in [0.15, 0.2) is 0 Å². The van der Waals surface area contributed by atoms with Gasteiger partial charge in [0.05, 0.1) is 0 Å². The fourth-order valence-corrected chi connectivity index (χ4v) is 2.73. The van der Waals surface area contributed by atoms with Crippen LogP contribution in [0.5, 0.6) is 0 Å². The molecule has 2 amide bonds. The molecule has 2 aromatic carbocycles. The molecular formula is C20H20ClN3O2. The molecule has 5 nitrogen and oxygen atoms in total. The van der Waals surface area contributed by atoms with Gasteiger partial charge in [0.2, 0.25) is 5.91 Å². The Kier molecular flexibility index (Phi) is 5.28. The molecule has 0 aliphatic heterocycles. The number of nitrogens with one attached hydrogen (secondary N) is 3. The van der Waals surface area contributed by atoms with Crippen LogP contribution in [-0.4, -0.2) is 16.8 Å². The Labute approximate surface area is 156 Å². The van der Waals surface area contributed by atoms with E-state index in [1.54, 1.807) is 12.1 Å². The van der Waals surface area contributed by atoms with Crippen molar-refractivity contribution >= 4 is 40.0 Å². The van der Waals surface area contributed by atoms with Crippen molar-refractivity contribution in [3.8, 4) is 0 Å². The summed E-state index contributed by atoms with van der Waals surface area (Å²) in [5.41, 5.74) is 2.96. The second-order valence-electron chi connectivity index (χ2n) is 6.44. The van der Waals surface area contributed by atoms with E-state index in [9.17, 15) is 9.59 Å². The predicted octanol–water partition coefficient (Wildman–Crippen LogP) is 4.35. The summed E-state index contributed by atoms with van der Waals surface area (Å²) in [6.07, 6.45) is 0. The molecule has 0 saturated carbocycles. The van der Waals surface area contributed by atoms with E-state index < -0.39 is 0 Å². The molecule has 0 aliphatic carbocycles. The normalized spacial score (nSPS) is 10.9. The van der Waals surface area contributed by atoms with Crippen molar-refractivity contribution in [2.45, 2.75) is 20.4 Å². The third-order valence-corrected chi connectivity index (χ3v) is 4.23. The Morgan fingerprint density at radius 3 is 2.69 bits per heavy atom. The number of anilines is 1. The molecule has 0 fully saturated rings. The molecule has 3 N–H and O–H groups in total. The topological polar surface area (TPSA) is 74.0 Å². The van der Waals surface area contributed by atoms with E-state index in [2.05, 4.69) is 15.6 Å². The molecular weight excluding hydrogens is 350 g/mol. The van der Waals surface area contributed by atoms with Gasteiger partial charge in [-0.25, -0.2) is 0 Å². The number of amides is 2. The first kappa shape index (κ1) is 18.0. The number of hydrogen-bond acceptors (Lipinski definition) is 2. The molecule has 3 aromatic rings. The summed E-state index contributed by atoms with van der Waals surface area (Å²) >= 11 is 5.97. The fraction of sp³-hybridized carbons (Fsp3) is 0.200. The van der Waals surface area contributed by atoms with Crippen molar-refractivity contribution in [2.24, 2.45) is 5.92 Å². The zero-order chi connectivity index (χ0) is 18.7. The number of aromatic nitrogens is 1. The van der Waals surface area contributed by atoms with Crippen molar-refractivity contribution < 1.29 is 9.59 Å². The van der Waals surface area contributed by atoms with E-state index in [0.717, 1.165) is 22.2 Å². The van der Waals surface area contributed by atoms with Gasteiger partial charge in [0.1, 0.15) is 5.69 Å². The van der Waals surface area contributed by atoms with Gasteiger partial charge in [-0.2, -0.15) is 0 Å². The average Bonchev–Trinajstić information content (AvgIpc) is 3.03. The highest BCUT2D eigenvalue weighted by molar-refractivity contribution is 6.31. The molecule has 0 radical (unpaired) electrons. The Hall–Kier alpha value is -2.79. The van der Waals surface area contributed by atoms with Crippen LogP contribution < -0.4 is 10.6 Å². The van der Waals surface area contributed by atoms with Crippen LogP contribution >= 0.6 is 11.6 Å².